The molecule has 1 unspecified atom stereocenters. The molecule has 1 aromatic heterocycles. The molecule has 1 aliphatic rings. The third-order valence-corrected chi connectivity index (χ3v) is 7.74. The van der Waals surface area contributed by atoms with Crippen molar-refractivity contribution in [2.75, 3.05) is 19.7 Å². The van der Waals surface area contributed by atoms with Gasteiger partial charge in [-0.1, -0.05) is 96.2 Å². The van der Waals surface area contributed by atoms with E-state index >= 15 is 0 Å². The van der Waals surface area contributed by atoms with Gasteiger partial charge in [-0.25, -0.2) is 0 Å². The number of likely N-dealkylation sites (tertiary alicyclic amines) is 1. The van der Waals surface area contributed by atoms with Crippen LogP contribution in [0.4, 0.5) is 0 Å². The molecule has 0 spiro atoms. The van der Waals surface area contributed by atoms with Crippen LogP contribution in [0.25, 0.3) is 6.08 Å². The fourth-order valence-corrected chi connectivity index (χ4v) is 5.84. The van der Waals surface area contributed by atoms with Gasteiger partial charge in [0.15, 0.2) is 0 Å². The van der Waals surface area contributed by atoms with E-state index in [9.17, 15) is 9.90 Å². The molecule has 1 fully saturated rings. The molecule has 3 aromatic carbocycles. The molecule has 41 heavy (non-hydrogen) atoms. The van der Waals surface area contributed by atoms with Gasteiger partial charge in [-0.05, 0) is 54.5 Å². The van der Waals surface area contributed by atoms with Crippen molar-refractivity contribution in [2.45, 2.75) is 50.8 Å². The number of esters is 1. The molecular weight excluding hydrogens is 512 g/mol. The summed E-state index contributed by atoms with van der Waals surface area (Å²) in [6, 6.07) is 31.9. The molecule has 1 saturated heterocycles. The average molecular weight is 551 g/mol. The number of hydrogen-bond donors (Lipinski definition) is 1. The second kappa shape index (κ2) is 13.5. The van der Waals surface area contributed by atoms with Crippen LogP contribution in [0.3, 0.4) is 0 Å². The lowest BCUT2D eigenvalue weighted by Gasteiger charge is -2.48. The second-order valence-electron chi connectivity index (χ2n) is 10.4. The van der Waals surface area contributed by atoms with Crippen molar-refractivity contribution in [2.24, 2.45) is 0 Å². The number of aromatic nitrogens is 3. The maximum Gasteiger partial charge on any atom is 0.305 e. The number of benzene rings is 3. The van der Waals surface area contributed by atoms with Crippen LogP contribution in [0.2, 0.25) is 0 Å². The first-order valence-corrected chi connectivity index (χ1v) is 14.5. The summed E-state index contributed by atoms with van der Waals surface area (Å²) in [5, 5.41) is 19.8. The predicted molar refractivity (Wildman–Crippen MR) is 160 cm³/mol. The van der Waals surface area contributed by atoms with Gasteiger partial charge in [0.1, 0.15) is 5.69 Å². The third-order valence-electron chi connectivity index (χ3n) is 7.74. The largest absolute Gasteiger partial charge is 0.466 e. The molecule has 0 bridgehead atoms. The Morgan fingerprint density at radius 2 is 1.54 bits per heavy atom. The topological polar surface area (TPSA) is 80.5 Å². The SMILES string of the molecule is CCOC(=O)CCCCn1cc(/C=C2\CN(C(c3ccccc3)(c3ccccc3)c3ccccc3)CCC2O)nn1. The van der Waals surface area contributed by atoms with Gasteiger partial charge in [0.25, 0.3) is 0 Å². The Kier molecular flexibility index (Phi) is 9.39. The van der Waals surface area contributed by atoms with Crippen molar-refractivity contribution < 1.29 is 14.6 Å². The summed E-state index contributed by atoms with van der Waals surface area (Å²) >= 11 is 0. The standard InChI is InChI=1S/C34H38N4O3/c1-2-41-33(40)20-12-13-22-38-26-31(35-36-38)24-27-25-37(23-21-32(27)39)34(28-14-6-3-7-15-28,29-16-8-4-9-17-29)30-18-10-5-11-19-30/h3-11,14-19,24,26,32,39H,2,12-13,20-23,25H2,1H3/b27-24+. The number of aryl methyl sites for hydroxylation is 1. The van der Waals surface area contributed by atoms with Crippen LogP contribution in [0, 0.1) is 0 Å². The van der Waals surface area contributed by atoms with Crippen LogP contribution in [-0.2, 0) is 21.6 Å². The highest BCUT2D eigenvalue weighted by molar-refractivity contribution is 5.69. The number of ether oxygens (including phenoxy) is 1. The molecule has 212 valence electrons. The molecule has 0 amide bonds. The zero-order valence-corrected chi connectivity index (χ0v) is 23.6. The van der Waals surface area contributed by atoms with Gasteiger partial charge < -0.3 is 9.84 Å². The van der Waals surface area contributed by atoms with Crippen LogP contribution >= 0.6 is 0 Å². The van der Waals surface area contributed by atoms with Gasteiger partial charge in [0.2, 0.25) is 0 Å². The molecule has 0 aliphatic carbocycles. The molecule has 1 atom stereocenters. The summed E-state index contributed by atoms with van der Waals surface area (Å²) in [7, 11) is 0. The van der Waals surface area contributed by atoms with Crippen LogP contribution in [0.1, 0.15) is 55.0 Å². The van der Waals surface area contributed by atoms with Crippen molar-refractivity contribution >= 4 is 12.0 Å². The minimum Gasteiger partial charge on any atom is -0.466 e. The molecule has 7 nitrogen and oxygen atoms in total. The fourth-order valence-electron chi connectivity index (χ4n) is 5.84. The van der Waals surface area contributed by atoms with Crippen LogP contribution in [-0.4, -0.2) is 56.8 Å². The summed E-state index contributed by atoms with van der Waals surface area (Å²) in [6.07, 6.45) is 5.90. The highest BCUT2D eigenvalue weighted by Gasteiger charge is 2.44. The van der Waals surface area contributed by atoms with E-state index in [0.29, 0.717) is 32.5 Å². The van der Waals surface area contributed by atoms with E-state index in [1.54, 1.807) is 4.68 Å². The van der Waals surface area contributed by atoms with E-state index in [1.807, 2.05) is 19.2 Å². The van der Waals surface area contributed by atoms with E-state index in [2.05, 4.69) is 106 Å². The van der Waals surface area contributed by atoms with Crippen LogP contribution < -0.4 is 0 Å². The average Bonchev–Trinajstić information content (AvgIpc) is 3.46. The first-order chi connectivity index (χ1) is 20.1. The molecule has 5 rings (SSSR count). The van der Waals surface area contributed by atoms with Gasteiger partial charge in [0, 0.05) is 26.1 Å². The summed E-state index contributed by atoms with van der Waals surface area (Å²) in [4.78, 5) is 14.1. The number of aliphatic hydroxyl groups is 1. The Bertz CT molecular complexity index is 1320. The molecular formula is C34H38N4O3. The van der Waals surface area contributed by atoms with Crippen molar-refractivity contribution in [1.29, 1.82) is 0 Å². The second-order valence-corrected chi connectivity index (χ2v) is 10.4. The molecule has 4 aromatic rings. The Morgan fingerprint density at radius 3 is 2.10 bits per heavy atom. The van der Waals surface area contributed by atoms with E-state index in [4.69, 9.17) is 4.74 Å². The molecule has 1 N–H and O–H groups in total. The van der Waals surface area contributed by atoms with Crippen LogP contribution in [0.15, 0.2) is 103 Å². The van der Waals surface area contributed by atoms with Gasteiger partial charge in [-0.15, -0.1) is 5.10 Å². The van der Waals surface area contributed by atoms with Gasteiger partial charge >= 0.3 is 5.97 Å². The normalized spacial score (nSPS) is 17.0. The quantitative estimate of drug-likeness (QED) is 0.152. The fraction of sp³-hybridized carbons (Fsp3) is 0.324. The summed E-state index contributed by atoms with van der Waals surface area (Å²) in [5.41, 5.74) is 4.64. The first-order valence-electron chi connectivity index (χ1n) is 14.5. The number of aliphatic hydroxyl groups excluding tert-OH is 1. The zero-order chi connectivity index (χ0) is 28.5. The van der Waals surface area contributed by atoms with Gasteiger partial charge in [-0.3, -0.25) is 14.4 Å². The van der Waals surface area contributed by atoms with E-state index in [0.717, 1.165) is 30.7 Å². The van der Waals surface area contributed by atoms with Crippen molar-refractivity contribution in [3.05, 3.63) is 125 Å². The Morgan fingerprint density at radius 1 is 0.951 bits per heavy atom. The van der Waals surface area contributed by atoms with Crippen molar-refractivity contribution in [3.63, 3.8) is 0 Å². The van der Waals surface area contributed by atoms with Gasteiger partial charge in [-0.2, -0.15) is 0 Å². The van der Waals surface area contributed by atoms with E-state index in [-0.39, 0.29) is 5.97 Å². The smallest absolute Gasteiger partial charge is 0.305 e. The van der Waals surface area contributed by atoms with Gasteiger partial charge in [0.05, 0.1) is 24.4 Å². The highest BCUT2D eigenvalue weighted by atomic mass is 16.5. The highest BCUT2D eigenvalue weighted by Crippen LogP contribution is 2.44. The third kappa shape index (κ3) is 6.47. The molecule has 0 saturated carbocycles. The lowest BCUT2D eigenvalue weighted by molar-refractivity contribution is -0.143. The lowest BCUT2D eigenvalue weighted by atomic mass is 9.74. The minimum absolute atomic E-state index is 0.162. The maximum atomic E-state index is 11.6. The number of unbranched alkanes of at least 4 members (excludes halogenated alkanes) is 1. The first kappa shape index (κ1) is 28.5. The minimum atomic E-state index is -0.555. The number of carbonyl (C=O) groups excluding carboxylic acids is 1. The number of nitrogens with zero attached hydrogens (tertiary/aromatic N) is 4. The lowest BCUT2D eigenvalue weighted by Crippen LogP contribution is -2.52. The number of piperidine rings is 1. The Balaban J connectivity index is 1.44. The van der Waals surface area contributed by atoms with E-state index in [1.165, 1.54) is 16.7 Å². The predicted octanol–water partition coefficient (Wildman–Crippen LogP) is 5.45. The van der Waals surface area contributed by atoms with Crippen molar-refractivity contribution in [1.82, 2.24) is 19.9 Å². The van der Waals surface area contributed by atoms with E-state index < -0.39 is 11.6 Å². The summed E-state index contributed by atoms with van der Waals surface area (Å²) < 4.78 is 6.80. The van der Waals surface area contributed by atoms with Crippen molar-refractivity contribution in [3.8, 4) is 0 Å². The Hall–Kier alpha value is -4.07. The molecule has 2 heterocycles. The Labute approximate surface area is 242 Å². The molecule has 0 radical (unpaired) electrons. The number of rotatable bonds is 11. The zero-order valence-electron chi connectivity index (χ0n) is 23.6. The van der Waals surface area contributed by atoms with Crippen LogP contribution in [0.5, 0.6) is 0 Å². The number of hydrogen-bond acceptors (Lipinski definition) is 6. The monoisotopic (exact) mass is 550 g/mol. The molecule has 1 aliphatic heterocycles. The maximum absolute atomic E-state index is 11.6. The summed E-state index contributed by atoms with van der Waals surface area (Å²) in [6.45, 7) is 4.20. The number of carbonyl (C=O) groups is 1. The molecule has 7 heteroatoms. The summed E-state index contributed by atoms with van der Waals surface area (Å²) in [5.74, 6) is -0.162.